The smallest absolute Gasteiger partial charge is 0.308 e. The zero-order chi connectivity index (χ0) is 8.97. The molecule has 1 heterocycles. The molecule has 0 saturated carbocycles. The fourth-order valence-corrected chi connectivity index (χ4v) is 1.70. The molecule has 2 radical (unpaired) electrons. The van der Waals surface area contributed by atoms with Crippen molar-refractivity contribution >= 4 is 13.8 Å². The molecule has 1 rings (SSSR count). The van der Waals surface area contributed by atoms with Gasteiger partial charge in [-0.2, -0.15) is 0 Å². The van der Waals surface area contributed by atoms with Gasteiger partial charge in [-0.1, -0.05) is 12.7 Å². The van der Waals surface area contributed by atoms with Crippen molar-refractivity contribution in [3.63, 3.8) is 0 Å². The largest absolute Gasteiger partial charge is 0.481 e. The molecular weight excluding hydrogens is 153 g/mol. The van der Waals surface area contributed by atoms with E-state index in [1.165, 1.54) is 0 Å². The number of carbonyl (C=O) groups is 1. The third kappa shape index (κ3) is 2.24. The van der Waals surface area contributed by atoms with E-state index in [-0.39, 0.29) is 12.0 Å². The van der Waals surface area contributed by atoms with Gasteiger partial charge in [-0.15, -0.1) is 0 Å². The van der Waals surface area contributed by atoms with E-state index in [0.29, 0.717) is 6.32 Å². The second-order valence-corrected chi connectivity index (χ2v) is 3.22. The molecular formula is C8H14BNO2. The van der Waals surface area contributed by atoms with Crippen LogP contribution in [0.3, 0.4) is 0 Å². The number of nitrogens with one attached hydrogen (secondary N) is 1. The first kappa shape index (κ1) is 9.58. The number of hydrogen-bond donors (Lipinski definition) is 2. The van der Waals surface area contributed by atoms with E-state index in [1.807, 2.05) is 0 Å². The minimum atomic E-state index is -0.679. The summed E-state index contributed by atoms with van der Waals surface area (Å²) in [6.45, 7) is 0.826. The Balaban J connectivity index is 2.35. The molecule has 1 aliphatic rings. The van der Waals surface area contributed by atoms with Crippen molar-refractivity contribution in [3.05, 3.63) is 0 Å². The summed E-state index contributed by atoms with van der Waals surface area (Å²) in [5, 5.41) is 12.0. The molecule has 12 heavy (non-hydrogen) atoms. The molecule has 4 heteroatoms. The van der Waals surface area contributed by atoms with Crippen molar-refractivity contribution in [1.29, 1.82) is 0 Å². The Morgan fingerprint density at radius 3 is 3.00 bits per heavy atom. The molecule has 1 saturated heterocycles. The quantitative estimate of drug-likeness (QED) is 0.596. The van der Waals surface area contributed by atoms with Crippen LogP contribution in [0.5, 0.6) is 0 Å². The summed E-state index contributed by atoms with van der Waals surface area (Å²) in [5.41, 5.74) is 0. The highest BCUT2D eigenvalue weighted by Gasteiger charge is 2.31. The summed E-state index contributed by atoms with van der Waals surface area (Å²) < 4.78 is 0. The summed E-state index contributed by atoms with van der Waals surface area (Å²) >= 11 is 0. The maximum atomic E-state index is 10.7. The van der Waals surface area contributed by atoms with Gasteiger partial charge in [0.2, 0.25) is 0 Å². The first-order valence-corrected chi connectivity index (χ1v) is 4.42. The van der Waals surface area contributed by atoms with E-state index < -0.39 is 5.97 Å². The molecule has 2 unspecified atom stereocenters. The van der Waals surface area contributed by atoms with E-state index in [0.717, 1.165) is 25.8 Å². The van der Waals surface area contributed by atoms with Crippen LogP contribution in [-0.2, 0) is 4.79 Å². The Morgan fingerprint density at radius 2 is 2.42 bits per heavy atom. The molecule has 3 nitrogen and oxygen atoms in total. The van der Waals surface area contributed by atoms with Crippen molar-refractivity contribution < 1.29 is 9.90 Å². The second kappa shape index (κ2) is 4.50. The van der Waals surface area contributed by atoms with E-state index in [4.69, 9.17) is 13.0 Å². The summed E-state index contributed by atoms with van der Waals surface area (Å²) in [4.78, 5) is 10.7. The van der Waals surface area contributed by atoms with Gasteiger partial charge < -0.3 is 10.4 Å². The molecule has 2 atom stereocenters. The number of carboxylic acids is 1. The van der Waals surface area contributed by atoms with Crippen molar-refractivity contribution in [2.24, 2.45) is 5.92 Å². The lowest BCUT2D eigenvalue weighted by molar-refractivity contribution is -0.142. The SMILES string of the molecule is [B]CCCC1NCCC1C(=O)O. The van der Waals surface area contributed by atoms with Crippen molar-refractivity contribution in [1.82, 2.24) is 5.32 Å². The normalized spacial score (nSPS) is 29.0. The summed E-state index contributed by atoms with van der Waals surface area (Å²) in [7, 11) is 5.35. The lowest BCUT2D eigenvalue weighted by Gasteiger charge is -2.14. The van der Waals surface area contributed by atoms with Crippen LogP contribution in [0.4, 0.5) is 0 Å². The molecule has 0 aromatic carbocycles. The molecule has 0 aliphatic carbocycles. The monoisotopic (exact) mass is 167 g/mol. The Labute approximate surface area is 73.9 Å². The number of aliphatic carboxylic acids is 1. The van der Waals surface area contributed by atoms with Crippen LogP contribution in [0.25, 0.3) is 0 Å². The highest BCUT2D eigenvalue weighted by Crippen LogP contribution is 2.19. The number of rotatable bonds is 4. The third-order valence-corrected chi connectivity index (χ3v) is 2.38. The van der Waals surface area contributed by atoms with Crippen LogP contribution in [0.2, 0.25) is 6.32 Å². The van der Waals surface area contributed by atoms with E-state index in [9.17, 15) is 4.79 Å². The van der Waals surface area contributed by atoms with Crippen LogP contribution in [0.15, 0.2) is 0 Å². The molecule has 0 amide bonds. The Morgan fingerprint density at radius 1 is 1.67 bits per heavy atom. The van der Waals surface area contributed by atoms with Crippen molar-refractivity contribution in [2.75, 3.05) is 6.54 Å². The summed E-state index contributed by atoms with van der Waals surface area (Å²) in [5.74, 6) is -0.876. The first-order chi connectivity index (χ1) is 5.75. The minimum Gasteiger partial charge on any atom is -0.481 e. The molecule has 0 aromatic heterocycles. The van der Waals surface area contributed by atoms with Crippen LogP contribution in [-0.4, -0.2) is 31.5 Å². The predicted molar refractivity (Wildman–Crippen MR) is 47.3 cm³/mol. The van der Waals surface area contributed by atoms with Crippen molar-refractivity contribution in [2.45, 2.75) is 31.6 Å². The van der Waals surface area contributed by atoms with Gasteiger partial charge in [-0.25, -0.2) is 0 Å². The maximum Gasteiger partial charge on any atom is 0.308 e. The highest BCUT2D eigenvalue weighted by atomic mass is 16.4. The number of hydrogen-bond acceptors (Lipinski definition) is 2. The van der Waals surface area contributed by atoms with Gasteiger partial charge in [0.25, 0.3) is 0 Å². The fourth-order valence-electron chi connectivity index (χ4n) is 1.70. The molecule has 0 bridgehead atoms. The summed E-state index contributed by atoms with van der Waals surface area (Å²) in [6.07, 6.45) is 3.18. The topological polar surface area (TPSA) is 49.3 Å². The molecule has 0 aromatic rings. The Hall–Kier alpha value is -0.505. The van der Waals surface area contributed by atoms with Crippen molar-refractivity contribution in [3.8, 4) is 0 Å². The third-order valence-electron chi connectivity index (χ3n) is 2.38. The van der Waals surface area contributed by atoms with Gasteiger partial charge in [0, 0.05) is 6.04 Å². The number of carboxylic acid groups (broad SMARTS) is 1. The average Bonchev–Trinajstić information content (AvgIpc) is 2.48. The standard InChI is InChI=1S/C8H14BNO2/c9-4-1-2-7-6(8(11)12)3-5-10-7/h6-7,10H,1-5H2,(H,11,12). The van der Waals surface area contributed by atoms with Gasteiger partial charge in [0.1, 0.15) is 0 Å². The highest BCUT2D eigenvalue weighted by molar-refractivity contribution is 6.08. The van der Waals surface area contributed by atoms with Gasteiger partial charge in [-0.3, -0.25) is 4.79 Å². The van der Waals surface area contributed by atoms with Crippen LogP contribution in [0.1, 0.15) is 19.3 Å². The Kier molecular flexibility index (Phi) is 3.60. The molecule has 1 fully saturated rings. The predicted octanol–water partition coefficient (Wildman–Crippen LogP) is 0.416. The van der Waals surface area contributed by atoms with E-state index >= 15 is 0 Å². The fraction of sp³-hybridized carbons (Fsp3) is 0.875. The van der Waals surface area contributed by atoms with Gasteiger partial charge in [-0.05, 0) is 19.4 Å². The van der Waals surface area contributed by atoms with E-state index in [2.05, 4.69) is 5.32 Å². The zero-order valence-corrected chi connectivity index (χ0v) is 7.12. The maximum absolute atomic E-state index is 10.7. The van der Waals surface area contributed by atoms with Crippen LogP contribution < -0.4 is 5.32 Å². The van der Waals surface area contributed by atoms with E-state index in [1.54, 1.807) is 0 Å². The van der Waals surface area contributed by atoms with Gasteiger partial charge >= 0.3 is 5.97 Å². The van der Waals surface area contributed by atoms with Crippen LogP contribution in [0, 0.1) is 5.92 Å². The van der Waals surface area contributed by atoms with Gasteiger partial charge in [0.05, 0.1) is 13.8 Å². The van der Waals surface area contributed by atoms with Gasteiger partial charge in [0.15, 0.2) is 0 Å². The van der Waals surface area contributed by atoms with Crippen LogP contribution >= 0.6 is 0 Å². The lowest BCUT2D eigenvalue weighted by Crippen LogP contribution is -2.31. The molecule has 0 spiro atoms. The zero-order valence-electron chi connectivity index (χ0n) is 7.12. The molecule has 66 valence electrons. The second-order valence-electron chi connectivity index (χ2n) is 3.22. The molecule has 1 aliphatic heterocycles. The molecule has 2 N–H and O–H groups in total. The lowest BCUT2D eigenvalue weighted by atomic mass is 9.92. The Bertz CT molecular complexity index is 163. The average molecular weight is 167 g/mol. The minimum absolute atomic E-state index is 0.144. The first-order valence-electron chi connectivity index (χ1n) is 4.42. The summed E-state index contributed by atoms with van der Waals surface area (Å²) in [6, 6.07) is 0.144.